The van der Waals surface area contributed by atoms with E-state index in [0.717, 1.165) is 12.0 Å². The van der Waals surface area contributed by atoms with Crippen molar-refractivity contribution in [2.75, 3.05) is 10.6 Å². The molecule has 0 aliphatic heterocycles. The molecule has 0 unspecified atom stereocenters. The highest BCUT2D eigenvalue weighted by atomic mass is 32.1. The minimum atomic E-state index is -0.522. The first-order valence-corrected chi connectivity index (χ1v) is 11.5. The zero-order valence-corrected chi connectivity index (χ0v) is 19.4. The monoisotopic (exact) mass is 479 g/mol. The summed E-state index contributed by atoms with van der Waals surface area (Å²) in [6.07, 6.45) is 1.36. The first-order chi connectivity index (χ1) is 16.4. The number of aryl methyl sites for hydroxylation is 2. The van der Waals surface area contributed by atoms with Crippen molar-refractivity contribution in [3.8, 4) is 22.6 Å². The second-order valence-corrected chi connectivity index (χ2v) is 8.38. The lowest BCUT2D eigenvalue weighted by atomic mass is 10.1. The third kappa shape index (κ3) is 5.70. The maximum Gasteiger partial charge on any atom is 0.227 e. The topological polar surface area (TPSA) is 110 Å². The molecule has 34 heavy (non-hydrogen) atoms. The Morgan fingerprint density at radius 2 is 1.88 bits per heavy atom. The van der Waals surface area contributed by atoms with Gasteiger partial charge >= 0.3 is 0 Å². The summed E-state index contributed by atoms with van der Waals surface area (Å²) in [5, 5.41) is 11.2. The van der Waals surface area contributed by atoms with E-state index in [4.69, 9.17) is 4.52 Å². The lowest BCUT2D eigenvalue weighted by molar-refractivity contribution is -0.116. The van der Waals surface area contributed by atoms with Gasteiger partial charge in [-0.2, -0.15) is 4.98 Å². The Balaban J connectivity index is 1.33. The van der Waals surface area contributed by atoms with Crippen LogP contribution >= 0.6 is 11.3 Å². The number of hydrogen-bond acceptors (Lipinski definition) is 7. The van der Waals surface area contributed by atoms with E-state index in [0.29, 0.717) is 28.2 Å². The molecule has 2 heterocycles. The normalized spacial score (nSPS) is 10.8. The first-order valence-electron chi connectivity index (χ1n) is 10.7. The Labute approximate surface area is 199 Å². The van der Waals surface area contributed by atoms with Gasteiger partial charge in [0, 0.05) is 42.0 Å². The van der Waals surface area contributed by atoms with E-state index in [9.17, 15) is 14.0 Å². The van der Waals surface area contributed by atoms with Crippen LogP contribution in [0.1, 0.15) is 31.7 Å². The van der Waals surface area contributed by atoms with Crippen molar-refractivity contribution in [2.45, 2.75) is 33.1 Å². The summed E-state index contributed by atoms with van der Waals surface area (Å²) in [6.45, 7) is 3.44. The average molecular weight is 480 g/mol. The van der Waals surface area contributed by atoms with Crippen LogP contribution in [0.3, 0.4) is 0 Å². The van der Waals surface area contributed by atoms with Crippen LogP contribution in [-0.2, 0) is 22.4 Å². The molecule has 10 heteroatoms. The molecule has 2 amide bonds. The average Bonchev–Trinajstić information content (AvgIpc) is 3.47. The summed E-state index contributed by atoms with van der Waals surface area (Å²) in [4.78, 5) is 32.1. The van der Waals surface area contributed by atoms with Gasteiger partial charge in [-0.05, 0) is 30.2 Å². The van der Waals surface area contributed by atoms with Crippen LogP contribution in [0.25, 0.3) is 22.6 Å². The molecule has 0 bridgehead atoms. The fourth-order valence-corrected chi connectivity index (χ4v) is 3.95. The zero-order chi connectivity index (χ0) is 24.1. The van der Waals surface area contributed by atoms with Gasteiger partial charge in [0.15, 0.2) is 5.13 Å². The van der Waals surface area contributed by atoms with Crippen LogP contribution in [0.5, 0.6) is 0 Å². The van der Waals surface area contributed by atoms with E-state index in [1.807, 2.05) is 24.3 Å². The SMILES string of the molecule is CCc1ccc(-c2noc(CCC(=O)Nc3nc(-c4ccc(NC(C)=O)cc4F)cs3)n2)cc1. The fraction of sp³-hybridized carbons (Fsp3) is 0.208. The molecule has 0 radical (unpaired) electrons. The molecular formula is C24H22FN5O3S. The van der Waals surface area contributed by atoms with Crippen molar-refractivity contribution in [1.82, 2.24) is 15.1 Å². The van der Waals surface area contributed by atoms with Crippen molar-refractivity contribution in [2.24, 2.45) is 0 Å². The summed E-state index contributed by atoms with van der Waals surface area (Å²) >= 11 is 1.19. The quantitative estimate of drug-likeness (QED) is 0.364. The van der Waals surface area contributed by atoms with Crippen molar-refractivity contribution in [3.05, 3.63) is 65.1 Å². The number of hydrogen-bond donors (Lipinski definition) is 2. The molecule has 2 aromatic carbocycles. The maximum atomic E-state index is 14.4. The molecule has 0 spiro atoms. The highest BCUT2D eigenvalue weighted by Gasteiger charge is 2.14. The number of carbonyl (C=O) groups is 2. The van der Waals surface area contributed by atoms with Crippen LogP contribution in [0.2, 0.25) is 0 Å². The van der Waals surface area contributed by atoms with E-state index in [1.54, 1.807) is 11.4 Å². The molecule has 4 aromatic rings. The highest BCUT2D eigenvalue weighted by Crippen LogP contribution is 2.29. The van der Waals surface area contributed by atoms with Crippen LogP contribution in [0.4, 0.5) is 15.2 Å². The van der Waals surface area contributed by atoms with E-state index in [1.165, 1.54) is 36.0 Å². The van der Waals surface area contributed by atoms with E-state index >= 15 is 0 Å². The lowest BCUT2D eigenvalue weighted by Gasteiger charge is -2.05. The molecule has 2 N–H and O–H groups in total. The van der Waals surface area contributed by atoms with Crippen LogP contribution < -0.4 is 10.6 Å². The van der Waals surface area contributed by atoms with Gasteiger partial charge in [0.25, 0.3) is 0 Å². The van der Waals surface area contributed by atoms with Crippen molar-refractivity contribution >= 4 is 34.0 Å². The van der Waals surface area contributed by atoms with E-state index in [2.05, 4.69) is 32.7 Å². The van der Waals surface area contributed by atoms with Crippen LogP contribution in [-0.4, -0.2) is 26.9 Å². The second-order valence-electron chi connectivity index (χ2n) is 7.52. The Bertz CT molecular complexity index is 1320. The number of benzene rings is 2. The fourth-order valence-electron chi connectivity index (χ4n) is 3.22. The van der Waals surface area contributed by atoms with Gasteiger partial charge in [-0.15, -0.1) is 11.3 Å². The van der Waals surface area contributed by atoms with Gasteiger partial charge in [0.1, 0.15) is 5.82 Å². The molecule has 0 aliphatic rings. The number of amides is 2. The minimum Gasteiger partial charge on any atom is -0.339 e. The number of aromatic nitrogens is 3. The van der Waals surface area contributed by atoms with E-state index in [-0.39, 0.29) is 30.2 Å². The van der Waals surface area contributed by atoms with Gasteiger partial charge < -0.3 is 15.2 Å². The summed E-state index contributed by atoms with van der Waals surface area (Å²) in [7, 11) is 0. The predicted molar refractivity (Wildman–Crippen MR) is 128 cm³/mol. The Kier molecular flexibility index (Phi) is 7.07. The summed E-state index contributed by atoms with van der Waals surface area (Å²) in [5.41, 5.74) is 3.10. The largest absolute Gasteiger partial charge is 0.339 e. The zero-order valence-electron chi connectivity index (χ0n) is 18.6. The minimum absolute atomic E-state index is 0.130. The van der Waals surface area contributed by atoms with Gasteiger partial charge in [0.05, 0.1) is 5.69 Å². The van der Waals surface area contributed by atoms with Gasteiger partial charge in [-0.3, -0.25) is 9.59 Å². The summed E-state index contributed by atoms with van der Waals surface area (Å²) in [6, 6.07) is 12.3. The molecule has 8 nitrogen and oxygen atoms in total. The standard InChI is InChI=1S/C24H22FN5O3S/c1-3-15-4-6-16(7-5-15)23-29-22(33-30-23)11-10-21(32)28-24-27-20(13-34-24)18-9-8-17(12-19(18)25)26-14(2)31/h4-9,12-13H,3,10-11H2,1-2H3,(H,26,31)(H,27,28,32). The molecule has 0 atom stereocenters. The lowest BCUT2D eigenvalue weighted by Crippen LogP contribution is -2.12. The molecule has 0 fully saturated rings. The molecule has 0 saturated heterocycles. The van der Waals surface area contributed by atoms with Crippen molar-refractivity contribution in [3.63, 3.8) is 0 Å². The van der Waals surface area contributed by atoms with Gasteiger partial charge in [0.2, 0.25) is 23.5 Å². The van der Waals surface area contributed by atoms with Crippen molar-refractivity contribution < 1.29 is 18.5 Å². The smallest absolute Gasteiger partial charge is 0.227 e. The second kappa shape index (κ2) is 10.3. The van der Waals surface area contributed by atoms with Gasteiger partial charge in [-0.25, -0.2) is 9.37 Å². The predicted octanol–water partition coefficient (Wildman–Crippen LogP) is 5.09. The third-order valence-electron chi connectivity index (χ3n) is 4.97. The van der Waals surface area contributed by atoms with Gasteiger partial charge in [-0.1, -0.05) is 36.3 Å². The number of halogens is 1. The number of thiazole rings is 1. The summed E-state index contributed by atoms with van der Waals surface area (Å²) < 4.78 is 19.7. The van der Waals surface area contributed by atoms with Crippen LogP contribution in [0.15, 0.2) is 52.4 Å². The third-order valence-corrected chi connectivity index (χ3v) is 5.73. The van der Waals surface area contributed by atoms with E-state index < -0.39 is 5.82 Å². The Morgan fingerprint density at radius 1 is 1.09 bits per heavy atom. The Hall–Kier alpha value is -3.92. The molecular weight excluding hydrogens is 457 g/mol. The number of rotatable bonds is 8. The number of nitrogens with one attached hydrogen (secondary N) is 2. The molecule has 0 saturated carbocycles. The van der Waals surface area contributed by atoms with Crippen molar-refractivity contribution in [1.29, 1.82) is 0 Å². The molecule has 174 valence electrons. The Morgan fingerprint density at radius 3 is 2.59 bits per heavy atom. The molecule has 0 aliphatic carbocycles. The number of carbonyl (C=O) groups excluding carboxylic acids is 2. The maximum absolute atomic E-state index is 14.4. The van der Waals surface area contributed by atoms with Crippen LogP contribution in [0, 0.1) is 5.82 Å². The summed E-state index contributed by atoms with van der Waals surface area (Å²) in [5.74, 6) is -0.228. The molecule has 2 aromatic heterocycles. The highest BCUT2D eigenvalue weighted by molar-refractivity contribution is 7.14. The first kappa shape index (κ1) is 23.2. The molecule has 4 rings (SSSR count). The number of anilines is 2. The number of nitrogens with zero attached hydrogens (tertiary/aromatic N) is 3.